The zero-order valence-corrected chi connectivity index (χ0v) is 17.5. The van der Waals surface area contributed by atoms with E-state index in [0.29, 0.717) is 6.54 Å². The van der Waals surface area contributed by atoms with E-state index in [1.807, 2.05) is 11.0 Å². The summed E-state index contributed by atoms with van der Waals surface area (Å²) in [5.74, 6) is 0.674. The molecule has 2 aromatic carbocycles. The van der Waals surface area contributed by atoms with E-state index < -0.39 is 0 Å². The van der Waals surface area contributed by atoms with Crippen LogP contribution in [0.1, 0.15) is 48.4 Å². The van der Waals surface area contributed by atoms with E-state index in [1.165, 1.54) is 16.7 Å². The average Bonchev–Trinajstić information content (AvgIpc) is 3.65. The Morgan fingerprint density at radius 2 is 1.60 bits per heavy atom. The predicted octanol–water partition coefficient (Wildman–Crippen LogP) is 4.00. The van der Waals surface area contributed by atoms with Gasteiger partial charge in [-0.2, -0.15) is 0 Å². The highest BCUT2D eigenvalue weighted by molar-refractivity contribution is 5.84. The summed E-state index contributed by atoms with van der Waals surface area (Å²) in [7, 11) is 0. The van der Waals surface area contributed by atoms with Crippen molar-refractivity contribution in [1.29, 1.82) is 0 Å². The van der Waals surface area contributed by atoms with Crippen molar-refractivity contribution in [3.63, 3.8) is 0 Å². The van der Waals surface area contributed by atoms with Gasteiger partial charge in [-0.25, -0.2) is 0 Å². The summed E-state index contributed by atoms with van der Waals surface area (Å²) in [5.41, 5.74) is 3.89. The zero-order chi connectivity index (χ0) is 20.5. The second-order valence-corrected chi connectivity index (χ2v) is 9.08. The minimum Gasteiger partial charge on any atom is -0.342 e. The second-order valence-electron chi connectivity index (χ2n) is 9.08. The Bertz CT molecular complexity index is 922. The fraction of sp³-hybridized carbons (Fsp3) is 0.462. The molecule has 30 heavy (non-hydrogen) atoms. The average molecular weight is 403 g/mol. The maximum absolute atomic E-state index is 13.7. The van der Waals surface area contributed by atoms with Gasteiger partial charge in [-0.3, -0.25) is 9.59 Å². The van der Waals surface area contributed by atoms with Gasteiger partial charge in [0.1, 0.15) is 0 Å². The van der Waals surface area contributed by atoms with Gasteiger partial charge in [0.05, 0.1) is 12.0 Å². The van der Waals surface area contributed by atoms with Gasteiger partial charge >= 0.3 is 0 Å². The van der Waals surface area contributed by atoms with Gasteiger partial charge in [0.15, 0.2) is 0 Å². The van der Waals surface area contributed by atoms with Crippen LogP contribution in [0.3, 0.4) is 0 Å². The van der Waals surface area contributed by atoms with Crippen LogP contribution in [0.15, 0.2) is 54.6 Å². The lowest BCUT2D eigenvalue weighted by Crippen LogP contribution is -2.49. The van der Waals surface area contributed by atoms with Crippen LogP contribution in [-0.2, 0) is 22.4 Å². The van der Waals surface area contributed by atoms with E-state index >= 15 is 0 Å². The SMILES string of the molecule is O=C(C1CC1)N1CCC[C@@H](C(=O)N2CCc3ccccc3[C@H]2Cc2ccccc2)C1. The topological polar surface area (TPSA) is 40.6 Å². The number of amides is 2. The number of fused-ring (bicyclic) bond motifs is 1. The van der Waals surface area contributed by atoms with Gasteiger partial charge < -0.3 is 9.80 Å². The smallest absolute Gasteiger partial charge is 0.228 e. The van der Waals surface area contributed by atoms with Gasteiger partial charge in [0.25, 0.3) is 0 Å². The van der Waals surface area contributed by atoms with Gasteiger partial charge in [0.2, 0.25) is 11.8 Å². The summed E-state index contributed by atoms with van der Waals surface area (Å²) in [6.07, 6.45) is 5.61. The lowest BCUT2D eigenvalue weighted by Gasteiger charge is -2.41. The fourth-order valence-electron chi connectivity index (χ4n) is 5.17. The molecule has 4 nitrogen and oxygen atoms in total. The molecule has 0 spiro atoms. The molecule has 3 aliphatic rings. The number of piperidine rings is 1. The third-order valence-electron chi connectivity index (χ3n) is 6.98. The minimum atomic E-state index is -0.0648. The summed E-state index contributed by atoms with van der Waals surface area (Å²) in [6, 6.07) is 19.1. The molecule has 0 radical (unpaired) electrons. The van der Waals surface area contributed by atoms with Crippen molar-refractivity contribution in [2.75, 3.05) is 19.6 Å². The maximum Gasteiger partial charge on any atom is 0.228 e. The second kappa shape index (κ2) is 8.25. The van der Waals surface area contributed by atoms with E-state index in [0.717, 1.165) is 51.6 Å². The number of hydrogen-bond acceptors (Lipinski definition) is 2. The lowest BCUT2D eigenvalue weighted by atomic mass is 9.86. The van der Waals surface area contributed by atoms with Gasteiger partial charge in [0, 0.05) is 25.6 Å². The molecule has 5 rings (SSSR count). The highest BCUT2D eigenvalue weighted by Gasteiger charge is 2.39. The van der Waals surface area contributed by atoms with Crippen LogP contribution < -0.4 is 0 Å². The van der Waals surface area contributed by atoms with Crippen molar-refractivity contribution >= 4 is 11.8 Å². The molecule has 0 N–H and O–H groups in total. The summed E-state index contributed by atoms with van der Waals surface area (Å²) in [6.45, 7) is 2.18. The number of benzene rings is 2. The zero-order valence-electron chi connectivity index (χ0n) is 17.5. The number of rotatable bonds is 4. The Kier molecular flexibility index (Phi) is 5.32. The molecular weight excluding hydrogens is 372 g/mol. The third-order valence-corrected chi connectivity index (χ3v) is 6.98. The molecule has 2 heterocycles. The highest BCUT2D eigenvalue weighted by atomic mass is 16.2. The fourth-order valence-corrected chi connectivity index (χ4v) is 5.17. The van der Waals surface area contributed by atoms with Gasteiger partial charge in [-0.05, 0) is 55.2 Å². The maximum atomic E-state index is 13.7. The Hall–Kier alpha value is -2.62. The Labute approximate surface area is 178 Å². The molecule has 1 saturated heterocycles. The Balaban J connectivity index is 1.38. The van der Waals surface area contributed by atoms with Crippen LogP contribution in [0.2, 0.25) is 0 Å². The van der Waals surface area contributed by atoms with Gasteiger partial charge in [-0.15, -0.1) is 0 Å². The molecule has 2 fully saturated rings. The molecule has 2 aromatic rings. The molecule has 2 atom stereocenters. The molecule has 156 valence electrons. The number of nitrogens with zero attached hydrogens (tertiary/aromatic N) is 2. The van der Waals surface area contributed by atoms with Gasteiger partial charge in [-0.1, -0.05) is 54.6 Å². The van der Waals surface area contributed by atoms with E-state index in [2.05, 4.69) is 53.4 Å². The summed E-state index contributed by atoms with van der Waals surface area (Å²) in [5, 5.41) is 0. The summed E-state index contributed by atoms with van der Waals surface area (Å²) >= 11 is 0. The first-order valence-electron chi connectivity index (χ1n) is 11.4. The molecule has 2 aliphatic heterocycles. The number of carbonyl (C=O) groups is 2. The van der Waals surface area contributed by atoms with Crippen molar-refractivity contribution in [2.24, 2.45) is 11.8 Å². The molecule has 0 aromatic heterocycles. The van der Waals surface area contributed by atoms with Crippen LogP contribution in [0.5, 0.6) is 0 Å². The van der Waals surface area contributed by atoms with Crippen LogP contribution in [0.4, 0.5) is 0 Å². The summed E-state index contributed by atoms with van der Waals surface area (Å²) in [4.78, 5) is 30.4. The lowest BCUT2D eigenvalue weighted by molar-refractivity contribution is -0.143. The first-order chi connectivity index (χ1) is 14.7. The van der Waals surface area contributed by atoms with E-state index in [1.54, 1.807) is 0 Å². The monoisotopic (exact) mass is 402 g/mol. The largest absolute Gasteiger partial charge is 0.342 e. The summed E-state index contributed by atoms with van der Waals surface area (Å²) < 4.78 is 0. The molecular formula is C26H30N2O2. The molecule has 1 aliphatic carbocycles. The Morgan fingerprint density at radius 1 is 0.833 bits per heavy atom. The number of hydrogen-bond donors (Lipinski definition) is 0. The van der Waals surface area contributed by atoms with E-state index in [4.69, 9.17) is 0 Å². The molecule has 1 saturated carbocycles. The molecule has 4 heteroatoms. The van der Waals surface area contributed by atoms with Crippen molar-refractivity contribution in [2.45, 2.75) is 44.6 Å². The molecule has 2 amide bonds. The number of carbonyl (C=O) groups excluding carboxylic acids is 2. The predicted molar refractivity (Wildman–Crippen MR) is 117 cm³/mol. The first-order valence-corrected chi connectivity index (χ1v) is 11.4. The van der Waals surface area contributed by atoms with Crippen molar-refractivity contribution in [3.05, 3.63) is 71.3 Å². The van der Waals surface area contributed by atoms with E-state index in [-0.39, 0.29) is 29.7 Å². The van der Waals surface area contributed by atoms with Crippen LogP contribution in [0.25, 0.3) is 0 Å². The minimum absolute atomic E-state index is 0.0648. The Morgan fingerprint density at radius 3 is 2.40 bits per heavy atom. The van der Waals surface area contributed by atoms with Crippen LogP contribution >= 0.6 is 0 Å². The standard InChI is InChI=1S/C26H30N2O2/c29-25(21-12-13-21)27-15-6-10-22(18-27)26(30)28-16-14-20-9-4-5-11-23(20)24(28)17-19-7-2-1-3-8-19/h1-5,7-9,11,21-22,24H,6,10,12-18H2/t22-,24-/m1/s1. The van der Waals surface area contributed by atoms with E-state index in [9.17, 15) is 9.59 Å². The quantitative estimate of drug-likeness (QED) is 0.775. The normalized spacial score (nSPS) is 23.7. The first kappa shape index (κ1) is 19.3. The highest BCUT2D eigenvalue weighted by Crippen LogP contribution is 2.36. The van der Waals surface area contributed by atoms with Crippen molar-refractivity contribution < 1.29 is 9.59 Å². The van der Waals surface area contributed by atoms with Crippen molar-refractivity contribution in [3.8, 4) is 0 Å². The number of likely N-dealkylation sites (tertiary alicyclic amines) is 1. The van der Waals surface area contributed by atoms with Crippen LogP contribution in [-0.4, -0.2) is 41.2 Å². The van der Waals surface area contributed by atoms with Crippen LogP contribution in [0, 0.1) is 11.8 Å². The van der Waals surface area contributed by atoms with Crippen molar-refractivity contribution in [1.82, 2.24) is 9.80 Å². The molecule has 0 bridgehead atoms. The molecule has 0 unspecified atom stereocenters. The third kappa shape index (κ3) is 3.88.